The minimum atomic E-state index is -0.710. The molecular weight excluding hydrogens is 336 g/mol. The van der Waals surface area contributed by atoms with Gasteiger partial charge in [0.1, 0.15) is 17.7 Å². The average Bonchev–Trinajstić information content (AvgIpc) is 3.39. The van der Waals surface area contributed by atoms with Crippen LogP contribution in [0.4, 0.5) is 0 Å². The average molecular weight is 354 g/mol. The van der Waals surface area contributed by atoms with Crippen LogP contribution in [0.15, 0.2) is 35.2 Å². The van der Waals surface area contributed by atoms with E-state index in [1.807, 2.05) is 0 Å². The third-order valence-corrected chi connectivity index (χ3v) is 4.41. The Morgan fingerprint density at radius 1 is 1.46 bits per heavy atom. The Labute approximate surface area is 148 Å². The summed E-state index contributed by atoms with van der Waals surface area (Å²) in [6.45, 7) is 1.49. The highest BCUT2D eigenvalue weighted by molar-refractivity contribution is 5.99. The van der Waals surface area contributed by atoms with Gasteiger partial charge in [-0.2, -0.15) is 0 Å². The fraction of sp³-hybridized carbons (Fsp3) is 0.294. The number of hydrogen-bond acceptors (Lipinski definition) is 6. The van der Waals surface area contributed by atoms with Crippen molar-refractivity contribution >= 4 is 17.5 Å². The summed E-state index contributed by atoms with van der Waals surface area (Å²) in [6.07, 6.45) is 5.02. The number of nitrogens with one attached hydrogen (secondary N) is 2. The molecule has 0 spiro atoms. The Hall–Kier alpha value is -3.20. The summed E-state index contributed by atoms with van der Waals surface area (Å²) in [7, 11) is 0. The second kappa shape index (κ2) is 6.60. The molecule has 0 radical (unpaired) electrons. The molecule has 4 heterocycles. The summed E-state index contributed by atoms with van der Waals surface area (Å²) in [6, 6.07) is 5.32. The zero-order valence-corrected chi connectivity index (χ0v) is 13.9. The third-order valence-electron chi connectivity index (χ3n) is 4.41. The van der Waals surface area contributed by atoms with Gasteiger partial charge in [0.25, 0.3) is 11.8 Å². The maximum atomic E-state index is 12.8. The molecule has 2 amide bonds. The van der Waals surface area contributed by atoms with Crippen molar-refractivity contribution in [1.29, 1.82) is 0 Å². The molecule has 1 saturated heterocycles. The van der Waals surface area contributed by atoms with Crippen LogP contribution in [-0.2, 0) is 0 Å². The Kier molecular flexibility index (Phi) is 4.13. The van der Waals surface area contributed by atoms with Gasteiger partial charge >= 0.3 is 0 Å². The molecule has 3 aromatic rings. The minimum absolute atomic E-state index is 0.00455. The molecular formula is C17H18N6O3. The second-order valence-electron chi connectivity index (χ2n) is 6.16. The molecule has 9 nitrogen and oxygen atoms in total. The molecule has 0 aliphatic carbocycles. The zero-order valence-electron chi connectivity index (χ0n) is 13.9. The maximum absolute atomic E-state index is 12.8. The fourth-order valence-electron chi connectivity index (χ4n) is 3.11. The number of furan rings is 1. The highest BCUT2D eigenvalue weighted by Gasteiger charge is 2.21. The van der Waals surface area contributed by atoms with Gasteiger partial charge in [0.2, 0.25) is 0 Å². The van der Waals surface area contributed by atoms with Gasteiger partial charge in [-0.3, -0.25) is 14.0 Å². The van der Waals surface area contributed by atoms with E-state index in [9.17, 15) is 9.59 Å². The molecule has 4 rings (SSSR count). The van der Waals surface area contributed by atoms with E-state index in [0.717, 1.165) is 19.4 Å². The summed E-state index contributed by atoms with van der Waals surface area (Å²) in [5.41, 5.74) is 6.33. The predicted molar refractivity (Wildman–Crippen MR) is 92.6 cm³/mol. The monoisotopic (exact) mass is 354 g/mol. The Morgan fingerprint density at radius 2 is 2.35 bits per heavy atom. The fourth-order valence-corrected chi connectivity index (χ4v) is 3.11. The first kappa shape index (κ1) is 16.3. The van der Waals surface area contributed by atoms with Gasteiger partial charge in [-0.1, -0.05) is 0 Å². The molecule has 134 valence electrons. The van der Waals surface area contributed by atoms with Gasteiger partial charge in [0.15, 0.2) is 17.1 Å². The number of hydrogen-bond donors (Lipinski definition) is 3. The number of amides is 2. The molecule has 1 unspecified atom stereocenters. The quantitative estimate of drug-likeness (QED) is 0.615. The Balaban J connectivity index is 1.74. The molecule has 1 atom stereocenters. The summed E-state index contributed by atoms with van der Waals surface area (Å²) in [4.78, 5) is 32.8. The van der Waals surface area contributed by atoms with Crippen LogP contribution < -0.4 is 16.4 Å². The van der Waals surface area contributed by atoms with Crippen molar-refractivity contribution in [2.75, 3.05) is 13.1 Å². The van der Waals surface area contributed by atoms with Crippen LogP contribution in [0.25, 0.3) is 17.1 Å². The first-order valence-electron chi connectivity index (χ1n) is 8.37. The van der Waals surface area contributed by atoms with Crippen molar-refractivity contribution in [3.8, 4) is 11.5 Å². The summed E-state index contributed by atoms with van der Waals surface area (Å²) in [5.74, 6) is -0.513. The van der Waals surface area contributed by atoms with Crippen LogP contribution in [0, 0.1) is 0 Å². The lowest BCUT2D eigenvalue weighted by Crippen LogP contribution is -2.37. The van der Waals surface area contributed by atoms with E-state index in [1.54, 1.807) is 18.2 Å². The molecule has 3 aromatic heterocycles. The summed E-state index contributed by atoms with van der Waals surface area (Å²) < 4.78 is 6.83. The van der Waals surface area contributed by atoms with E-state index < -0.39 is 5.91 Å². The van der Waals surface area contributed by atoms with Crippen LogP contribution in [0.2, 0.25) is 0 Å². The first-order valence-corrected chi connectivity index (χ1v) is 8.37. The van der Waals surface area contributed by atoms with Crippen LogP contribution in [-0.4, -0.2) is 45.3 Å². The van der Waals surface area contributed by atoms with Gasteiger partial charge in [-0.25, -0.2) is 9.97 Å². The molecule has 1 fully saturated rings. The lowest BCUT2D eigenvalue weighted by atomic mass is 10.2. The minimum Gasteiger partial charge on any atom is -0.463 e. The third kappa shape index (κ3) is 2.93. The maximum Gasteiger partial charge on any atom is 0.271 e. The summed E-state index contributed by atoms with van der Waals surface area (Å²) >= 11 is 0. The molecule has 26 heavy (non-hydrogen) atoms. The highest BCUT2D eigenvalue weighted by atomic mass is 16.3. The van der Waals surface area contributed by atoms with E-state index in [2.05, 4.69) is 20.6 Å². The number of fused-ring (bicyclic) bond motifs is 1. The number of carbonyl (C=O) groups excluding carboxylic acids is 2. The standard InChI is InChI=1S/C17H18N6O3/c18-15(24)14-16-22-11(13-4-2-6-26-13)7-12(23(16)9-21-14)17(25)20-8-10-3-1-5-19-10/h2,4,6-7,9-10,19H,1,3,5,8H2,(H2,18,24)(H,20,25). The Morgan fingerprint density at radius 3 is 3.04 bits per heavy atom. The zero-order chi connectivity index (χ0) is 18.1. The molecule has 1 aliphatic rings. The van der Waals surface area contributed by atoms with Crippen molar-refractivity contribution in [2.24, 2.45) is 5.73 Å². The number of rotatable bonds is 5. The van der Waals surface area contributed by atoms with E-state index in [1.165, 1.54) is 17.0 Å². The number of imidazole rings is 1. The van der Waals surface area contributed by atoms with E-state index in [-0.39, 0.29) is 23.3 Å². The van der Waals surface area contributed by atoms with Crippen molar-refractivity contribution < 1.29 is 14.0 Å². The predicted octanol–water partition coefficient (Wildman–Crippen LogP) is 0.570. The number of carbonyl (C=O) groups is 2. The lowest BCUT2D eigenvalue weighted by molar-refractivity contribution is 0.0942. The molecule has 0 bridgehead atoms. The first-order chi connectivity index (χ1) is 12.6. The van der Waals surface area contributed by atoms with E-state index >= 15 is 0 Å². The van der Waals surface area contributed by atoms with Gasteiger partial charge < -0.3 is 20.8 Å². The van der Waals surface area contributed by atoms with Crippen molar-refractivity contribution in [1.82, 2.24) is 25.0 Å². The smallest absolute Gasteiger partial charge is 0.271 e. The Bertz CT molecular complexity index is 956. The number of aromatic nitrogens is 3. The van der Waals surface area contributed by atoms with E-state index in [0.29, 0.717) is 23.7 Å². The SMILES string of the molecule is NC(=O)c1ncn2c(C(=O)NCC3CCCN3)cc(-c3ccco3)nc12. The number of primary amides is 1. The summed E-state index contributed by atoms with van der Waals surface area (Å²) in [5, 5.41) is 6.25. The van der Waals surface area contributed by atoms with Crippen molar-refractivity contribution in [2.45, 2.75) is 18.9 Å². The van der Waals surface area contributed by atoms with Crippen LogP contribution in [0.3, 0.4) is 0 Å². The van der Waals surface area contributed by atoms with Gasteiger partial charge in [0, 0.05) is 12.6 Å². The van der Waals surface area contributed by atoms with Gasteiger partial charge in [-0.15, -0.1) is 0 Å². The highest BCUT2D eigenvalue weighted by Crippen LogP contribution is 2.21. The van der Waals surface area contributed by atoms with Crippen LogP contribution >= 0.6 is 0 Å². The molecule has 4 N–H and O–H groups in total. The second-order valence-corrected chi connectivity index (χ2v) is 6.16. The molecule has 0 aromatic carbocycles. The number of nitrogens with zero attached hydrogens (tertiary/aromatic N) is 3. The lowest BCUT2D eigenvalue weighted by Gasteiger charge is -2.13. The largest absolute Gasteiger partial charge is 0.463 e. The van der Waals surface area contributed by atoms with Crippen LogP contribution in [0.5, 0.6) is 0 Å². The van der Waals surface area contributed by atoms with Gasteiger partial charge in [-0.05, 0) is 37.6 Å². The molecule has 0 saturated carbocycles. The van der Waals surface area contributed by atoms with Crippen molar-refractivity contribution in [3.05, 3.63) is 42.2 Å². The molecule has 9 heteroatoms. The normalized spacial score (nSPS) is 16.8. The number of nitrogens with two attached hydrogens (primary N) is 1. The van der Waals surface area contributed by atoms with Gasteiger partial charge in [0.05, 0.1) is 6.26 Å². The molecule has 1 aliphatic heterocycles. The van der Waals surface area contributed by atoms with Crippen LogP contribution in [0.1, 0.15) is 33.8 Å². The van der Waals surface area contributed by atoms with Crippen molar-refractivity contribution in [3.63, 3.8) is 0 Å². The topological polar surface area (TPSA) is 128 Å². The van der Waals surface area contributed by atoms with E-state index in [4.69, 9.17) is 10.2 Å².